The molecule has 0 N–H and O–H groups in total. The van der Waals surface area contributed by atoms with Gasteiger partial charge in [0, 0.05) is 18.5 Å². The van der Waals surface area contributed by atoms with Crippen LogP contribution in [-0.2, 0) is 0 Å². The second-order valence-corrected chi connectivity index (χ2v) is 4.23. The van der Waals surface area contributed by atoms with Crippen molar-refractivity contribution in [2.45, 2.75) is 6.42 Å². The van der Waals surface area contributed by atoms with Crippen LogP contribution in [0.5, 0.6) is 0 Å². The highest BCUT2D eigenvalue weighted by molar-refractivity contribution is 5.70. The van der Waals surface area contributed by atoms with Crippen molar-refractivity contribution >= 4 is 5.57 Å². The molecule has 0 spiro atoms. The molecular formula is C15H11F2N. The van der Waals surface area contributed by atoms with E-state index >= 15 is 0 Å². The van der Waals surface area contributed by atoms with Crippen molar-refractivity contribution in [1.82, 2.24) is 4.57 Å². The predicted molar refractivity (Wildman–Crippen MR) is 67.4 cm³/mol. The molecule has 0 bridgehead atoms. The molecule has 3 rings (SSSR count). The summed E-state index contributed by atoms with van der Waals surface area (Å²) in [6.07, 6.45) is 10.7. The fourth-order valence-electron chi connectivity index (χ4n) is 2.09. The highest BCUT2D eigenvalue weighted by Crippen LogP contribution is 2.25. The summed E-state index contributed by atoms with van der Waals surface area (Å²) in [5.41, 5.74) is 2.62. The van der Waals surface area contributed by atoms with Crippen LogP contribution in [0.15, 0.2) is 54.9 Å². The molecule has 0 radical (unpaired) electrons. The molecule has 0 saturated carbocycles. The first kappa shape index (κ1) is 11.0. The van der Waals surface area contributed by atoms with Gasteiger partial charge in [0.15, 0.2) is 0 Å². The number of allylic oxidation sites excluding steroid dienone is 4. The summed E-state index contributed by atoms with van der Waals surface area (Å²) >= 11 is 0. The van der Waals surface area contributed by atoms with E-state index in [0.717, 1.165) is 18.1 Å². The Bertz CT molecular complexity index is 650. The topological polar surface area (TPSA) is 4.93 Å². The summed E-state index contributed by atoms with van der Waals surface area (Å²) in [6.45, 7) is 0. The summed E-state index contributed by atoms with van der Waals surface area (Å²) in [6, 6.07) is 5.53. The van der Waals surface area contributed by atoms with E-state index in [9.17, 15) is 8.78 Å². The second-order valence-electron chi connectivity index (χ2n) is 4.23. The molecule has 1 aromatic heterocycles. The Hall–Kier alpha value is -2.16. The van der Waals surface area contributed by atoms with Gasteiger partial charge in [-0.25, -0.2) is 8.78 Å². The standard InChI is InChI=1S/C15H11F2N/c16-13-5-6-15(14(17)9-13)18-8-7-12(10-18)11-3-1-2-4-11/h1-3,5-10H,4H2. The zero-order valence-electron chi connectivity index (χ0n) is 9.61. The van der Waals surface area contributed by atoms with Crippen LogP contribution in [0.3, 0.4) is 0 Å². The van der Waals surface area contributed by atoms with Crippen LogP contribution in [0.4, 0.5) is 8.78 Å². The van der Waals surface area contributed by atoms with Crippen LogP contribution in [0.1, 0.15) is 12.0 Å². The van der Waals surface area contributed by atoms with Gasteiger partial charge in [-0.05, 0) is 35.8 Å². The molecule has 0 unspecified atom stereocenters. The molecule has 90 valence electrons. The van der Waals surface area contributed by atoms with Crippen LogP contribution >= 0.6 is 0 Å². The maximum Gasteiger partial charge on any atom is 0.150 e. The number of nitrogens with zero attached hydrogens (tertiary/aromatic N) is 1. The minimum Gasteiger partial charge on any atom is -0.321 e. The lowest BCUT2D eigenvalue weighted by Crippen LogP contribution is -1.95. The first-order chi connectivity index (χ1) is 8.74. The molecule has 0 amide bonds. The fraction of sp³-hybridized carbons (Fsp3) is 0.0667. The zero-order chi connectivity index (χ0) is 12.5. The van der Waals surface area contributed by atoms with E-state index in [2.05, 4.69) is 6.08 Å². The van der Waals surface area contributed by atoms with E-state index in [0.29, 0.717) is 5.69 Å². The van der Waals surface area contributed by atoms with E-state index in [1.165, 1.54) is 17.7 Å². The van der Waals surface area contributed by atoms with Gasteiger partial charge < -0.3 is 4.57 Å². The van der Waals surface area contributed by atoms with Gasteiger partial charge in [-0.3, -0.25) is 0 Å². The van der Waals surface area contributed by atoms with E-state index < -0.39 is 11.6 Å². The van der Waals surface area contributed by atoms with Crippen molar-refractivity contribution in [3.05, 3.63) is 72.1 Å². The van der Waals surface area contributed by atoms with Crippen molar-refractivity contribution in [2.75, 3.05) is 0 Å². The number of aromatic nitrogens is 1. The van der Waals surface area contributed by atoms with Gasteiger partial charge in [0.2, 0.25) is 0 Å². The summed E-state index contributed by atoms with van der Waals surface area (Å²) in [5.74, 6) is -1.12. The average molecular weight is 243 g/mol. The maximum absolute atomic E-state index is 13.6. The van der Waals surface area contributed by atoms with Crippen molar-refractivity contribution < 1.29 is 8.78 Å². The van der Waals surface area contributed by atoms with Crippen LogP contribution in [0, 0.1) is 11.6 Å². The molecule has 18 heavy (non-hydrogen) atoms. The molecular weight excluding hydrogens is 232 g/mol. The number of hydrogen-bond donors (Lipinski definition) is 0. The Morgan fingerprint density at radius 3 is 2.72 bits per heavy atom. The van der Waals surface area contributed by atoms with E-state index in [-0.39, 0.29) is 0 Å². The lowest BCUT2D eigenvalue weighted by molar-refractivity contribution is 0.578. The van der Waals surface area contributed by atoms with Crippen LogP contribution in [-0.4, -0.2) is 4.57 Å². The lowest BCUT2D eigenvalue weighted by Gasteiger charge is -2.04. The average Bonchev–Trinajstić information content (AvgIpc) is 2.99. The van der Waals surface area contributed by atoms with Crippen LogP contribution in [0.2, 0.25) is 0 Å². The SMILES string of the molecule is Fc1ccc(-n2ccc(C3=CC=CC3)c2)c(F)c1. The van der Waals surface area contributed by atoms with Gasteiger partial charge in [0.1, 0.15) is 11.6 Å². The first-order valence-corrected chi connectivity index (χ1v) is 5.73. The van der Waals surface area contributed by atoms with Gasteiger partial charge in [-0.2, -0.15) is 0 Å². The molecule has 2 aromatic rings. The molecule has 0 atom stereocenters. The van der Waals surface area contributed by atoms with Gasteiger partial charge in [0.05, 0.1) is 5.69 Å². The first-order valence-electron chi connectivity index (χ1n) is 5.73. The highest BCUT2D eigenvalue weighted by atomic mass is 19.1. The quantitative estimate of drug-likeness (QED) is 0.748. The third-order valence-electron chi connectivity index (χ3n) is 3.02. The molecule has 1 aliphatic rings. The summed E-state index contributed by atoms with van der Waals surface area (Å²) in [4.78, 5) is 0. The summed E-state index contributed by atoms with van der Waals surface area (Å²) in [5, 5.41) is 0. The Balaban J connectivity index is 1.97. The minimum absolute atomic E-state index is 0.356. The molecule has 1 aliphatic carbocycles. The number of rotatable bonds is 2. The third-order valence-corrected chi connectivity index (χ3v) is 3.02. The minimum atomic E-state index is -0.564. The van der Waals surface area contributed by atoms with Crippen molar-refractivity contribution in [1.29, 1.82) is 0 Å². The molecule has 1 heterocycles. The Morgan fingerprint density at radius 1 is 1.11 bits per heavy atom. The normalized spacial score (nSPS) is 14.0. The summed E-state index contributed by atoms with van der Waals surface area (Å²) in [7, 11) is 0. The molecule has 0 aliphatic heterocycles. The maximum atomic E-state index is 13.6. The van der Waals surface area contributed by atoms with Gasteiger partial charge in [-0.1, -0.05) is 18.2 Å². The second kappa shape index (κ2) is 4.26. The monoisotopic (exact) mass is 243 g/mol. The van der Waals surface area contributed by atoms with E-state index in [1.807, 2.05) is 24.4 Å². The fourth-order valence-corrected chi connectivity index (χ4v) is 2.09. The van der Waals surface area contributed by atoms with E-state index in [1.54, 1.807) is 10.8 Å². The van der Waals surface area contributed by atoms with Gasteiger partial charge in [-0.15, -0.1) is 0 Å². The largest absolute Gasteiger partial charge is 0.321 e. The number of halogens is 2. The van der Waals surface area contributed by atoms with Gasteiger partial charge >= 0.3 is 0 Å². The number of benzene rings is 1. The van der Waals surface area contributed by atoms with E-state index in [4.69, 9.17) is 0 Å². The highest BCUT2D eigenvalue weighted by Gasteiger charge is 2.09. The Morgan fingerprint density at radius 2 is 2.00 bits per heavy atom. The molecule has 1 nitrogen and oxygen atoms in total. The predicted octanol–water partition coefficient (Wildman–Crippen LogP) is 4.10. The lowest BCUT2D eigenvalue weighted by atomic mass is 10.1. The smallest absolute Gasteiger partial charge is 0.150 e. The molecule has 0 saturated heterocycles. The summed E-state index contributed by atoms with van der Waals surface area (Å²) < 4.78 is 28.2. The van der Waals surface area contributed by atoms with Crippen LogP contribution < -0.4 is 0 Å². The van der Waals surface area contributed by atoms with Crippen molar-refractivity contribution in [2.24, 2.45) is 0 Å². The van der Waals surface area contributed by atoms with Crippen molar-refractivity contribution in [3.8, 4) is 5.69 Å². The van der Waals surface area contributed by atoms with Crippen LogP contribution in [0.25, 0.3) is 11.3 Å². The third kappa shape index (κ3) is 1.88. The number of hydrogen-bond acceptors (Lipinski definition) is 0. The molecule has 3 heteroatoms. The molecule has 1 aromatic carbocycles. The zero-order valence-corrected chi connectivity index (χ0v) is 9.61. The van der Waals surface area contributed by atoms with Gasteiger partial charge in [0.25, 0.3) is 0 Å². The Kier molecular flexibility index (Phi) is 2.59. The Labute approximate surface area is 104 Å². The van der Waals surface area contributed by atoms with Crippen molar-refractivity contribution in [3.63, 3.8) is 0 Å². The molecule has 0 fully saturated rings.